The number of sulfonamides is 1. The molecule has 3 aromatic carbocycles. The van der Waals surface area contributed by atoms with Crippen LogP contribution in [0.1, 0.15) is 18.4 Å². The molecule has 1 saturated heterocycles. The third-order valence-corrected chi connectivity index (χ3v) is 8.41. The van der Waals surface area contributed by atoms with Crippen LogP contribution in [0, 0.1) is 5.92 Å². The van der Waals surface area contributed by atoms with Gasteiger partial charge in [-0.1, -0.05) is 60.7 Å². The van der Waals surface area contributed by atoms with Crippen molar-refractivity contribution in [1.82, 2.24) is 19.6 Å². The Kier molecular flexibility index (Phi) is 6.66. The van der Waals surface area contributed by atoms with Gasteiger partial charge in [0.25, 0.3) is 0 Å². The second-order valence-electron chi connectivity index (χ2n) is 8.84. The summed E-state index contributed by atoms with van der Waals surface area (Å²) in [7, 11) is -3.66. The molecule has 1 fully saturated rings. The Hall–Kier alpha value is -3.49. The van der Waals surface area contributed by atoms with Crippen LogP contribution in [0.25, 0.3) is 22.4 Å². The number of imidazole rings is 1. The number of nitrogens with zero attached hydrogens (tertiary/aromatic N) is 2. The zero-order valence-electron chi connectivity index (χ0n) is 19.4. The molecule has 0 saturated carbocycles. The maximum atomic E-state index is 13.3. The van der Waals surface area contributed by atoms with Crippen molar-refractivity contribution in [3.63, 3.8) is 0 Å². The van der Waals surface area contributed by atoms with Gasteiger partial charge < -0.3 is 10.3 Å². The van der Waals surface area contributed by atoms with Gasteiger partial charge in [-0.05, 0) is 43.0 Å². The zero-order chi connectivity index (χ0) is 24.3. The molecule has 1 aromatic heterocycles. The van der Waals surface area contributed by atoms with Gasteiger partial charge in [-0.2, -0.15) is 4.31 Å². The molecule has 0 aliphatic carbocycles. The van der Waals surface area contributed by atoms with Crippen LogP contribution in [0.4, 0.5) is 0 Å². The summed E-state index contributed by atoms with van der Waals surface area (Å²) in [6, 6.07) is 24.7. The van der Waals surface area contributed by atoms with Crippen LogP contribution in [0.5, 0.6) is 0 Å². The highest BCUT2D eigenvalue weighted by Crippen LogP contribution is 2.27. The number of aromatic amines is 1. The number of rotatable bonds is 7. The monoisotopic (exact) mass is 488 g/mol. The third-order valence-electron chi connectivity index (χ3n) is 6.52. The number of nitrogens with one attached hydrogen (secondary N) is 2. The summed E-state index contributed by atoms with van der Waals surface area (Å²) in [5, 5.41) is 3.00. The molecule has 0 bridgehead atoms. The van der Waals surface area contributed by atoms with E-state index in [2.05, 4.69) is 15.3 Å². The van der Waals surface area contributed by atoms with Gasteiger partial charge in [0.1, 0.15) is 5.82 Å². The molecule has 5 rings (SSSR count). The smallest absolute Gasteiger partial charge is 0.243 e. The standard InChI is InChI=1S/C27H28N4O3S/c32-27(28-16-13-20-7-3-1-4-8-20)22-14-17-31(18-15-22)35(33,34)23-11-12-24-25(19-23)30-26(29-24)21-9-5-2-6-10-21/h1-12,19,22H,13-18H2,(H,28,32)(H,29,30). The molecule has 35 heavy (non-hydrogen) atoms. The van der Waals surface area contributed by atoms with Gasteiger partial charge >= 0.3 is 0 Å². The summed E-state index contributed by atoms with van der Waals surface area (Å²) in [5.74, 6) is 0.542. The first-order valence-electron chi connectivity index (χ1n) is 11.9. The molecule has 0 unspecified atom stereocenters. The lowest BCUT2D eigenvalue weighted by Gasteiger charge is -2.30. The van der Waals surface area contributed by atoms with Crippen LogP contribution in [-0.4, -0.2) is 48.2 Å². The molecule has 0 radical (unpaired) electrons. The highest BCUT2D eigenvalue weighted by molar-refractivity contribution is 7.89. The predicted molar refractivity (Wildman–Crippen MR) is 136 cm³/mol. The van der Waals surface area contributed by atoms with E-state index in [9.17, 15) is 13.2 Å². The number of carbonyl (C=O) groups is 1. The summed E-state index contributed by atoms with van der Waals surface area (Å²) in [6.45, 7) is 1.24. The highest BCUT2D eigenvalue weighted by Gasteiger charge is 2.32. The molecule has 4 aromatic rings. The van der Waals surface area contributed by atoms with Crippen molar-refractivity contribution in [1.29, 1.82) is 0 Å². The van der Waals surface area contributed by atoms with E-state index in [4.69, 9.17) is 0 Å². The lowest BCUT2D eigenvalue weighted by atomic mass is 9.97. The van der Waals surface area contributed by atoms with Crippen molar-refractivity contribution < 1.29 is 13.2 Å². The number of fused-ring (bicyclic) bond motifs is 1. The zero-order valence-corrected chi connectivity index (χ0v) is 20.2. The van der Waals surface area contributed by atoms with Crippen molar-refractivity contribution in [2.45, 2.75) is 24.2 Å². The fourth-order valence-electron chi connectivity index (χ4n) is 4.51. The van der Waals surface area contributed by atoms with Gasteiger partial charge in [0.2, 0.25) is 15.9 Å². The molecule has 8 heteroatoms. The highest BCUT2D eigenvalue weighted by atomic mass is 32.2. The molecule has 1 amide bonds. The molecule has 1 aliphatic rings. The lowest BCUT2D eigenvalue weighted by molar-refractivity contribution is -0.126. The minimum absolute atomic E-state index is 0.00491. The van der Waals surface area contributed by atoms with E-state index in [1.54, 1.807) is 18.2 Å². The number of benzene rings is 3. The SMILES string of the molecule is O=C(NCCc1ccccc1)C1CCN(S(=O)(=O)c2ccc3nc(-c4ccccc4)[nH]c3c2)CC1. The Morgan fingerprint density at radius 1 is 0.971 bits per heavy atom. The van der Waals surface area contributed by atoms with Crippen LogP contribution < -0.4 is 5.32 Å². The largest absolute Gasteiger partial charge is 0.356 e. The molecule has 0 atom stereocenters. The first kappa shape index (κ1) is 23.3. The van der Waals surface area contributed by atoms with Crippen LogP contribution in [-0.2, 0) is 21.2 Å². The molecule has 7 nitrogen and oxygen atoms in total. The number of carbonyl (C=O) groups excluding carboxylic acids is 1. The Labute approximate surface area is 205 Å². The number of piperidine rings is 1. The number of H-pyrrole nitrogens is 1. The Bertz CT molecular complexity index is 1410. The molecule has 0 spiro atoms. The van der Waals surface area contributed by atoms with Crippen LogP contribution in [0.15, 0.2) is 83.8 Å². The fraction of sp³-hybridized carbons (Fsp3) is 0.259. The number of amides is 1. The summed E-state index contributed by atoms with van der Waals surface area (Å²) in [4.78, 5) is 20.6. The molecule has 180 valence electrons. The lowest BCUT2D eigenvalue weighted by Crippen LogP contribution is -2.43. The summed E-state index contributed by atoms with van der Waals surface area (Å²) in [5.41, 5.74) is 3.52. The van der Waals surface area contributed by atoms with Crippen molar-refractivity contribution in [2.24, 2.45) is 5.92 Å². The van der Waals surface area contributed by atoms with Gasteiger partial charge in [-0.15, -0.1) is 0 Å². The molecule has 2 heterocycles. The molecular weight excluding hydrogens is 460 g/mol. The van der Waals surface area contributed by atoms with Crippen LogP contribution >= 0.6 is 0 Å². The van der Waals surface area contributed by atoms with Crippen LogP contribution in [0.3, 0.4) is 0 Å². The maximum absolute atomic E-state index is 13.3. The predicted octanol–water partition coefficient (Wildman–Crippen LogP) is 3.99. The van der Waals surface area contributed by atoms with Crippen molar-refractivity contribution in [2.75, 3.05) is 19.6 Å². The quantitative estimate of drug-likeness (QED) is 0.411. The van der Waals surface area contributed by atoms with E-state index < -0.39 is 10.0 Å². The van der Waals surface area contributed by atoms with Gasteiger partial charge in [0.05, 0.1) is 15.9 Å². The molecular formula is C27H28N4O3S. The van der Waals surface area contributed by atoms with Crippen LogP contribution in [0.2, 0.25) is 0 Å². The van der Waals surface area contributed by atoms with Crippen molar-refractivity contribution in [3.05, 3.63) is 84.4 Å². The van der Waals surface area contributed by atoms with Gasteiger partial charge in [0.15, 0.2) is 0 Å². The van der Waals surface area contributed by atoms with Gasteiger partial charge in [0, 0.05) is 31.1 Å². The van der Waals surface area contributed by atoms with E-state index in [0.717, 1.165) is 12.0 Å². The second-order valence-corrected chi connectivity index (χ2v) is 10.8. The minimum Gasteiger partial charge on any atom is -0.356 e. The molecule has 2 N–H and O–H groups in total. The Balaban J connectivity index is 1.21. The summed E-state index contributed by atoms with van der Waals surface area (Å²) < 4.78 is 28.1. The van der Waals surface area contributed by atoms with E-state index in [1.165, 1.54) is 9.87 Å². The van der Waals surface area contributed by atoms with E-state index in [1.807, 2.05) is 60.7 Å². The van der Waals surface area contributed by atoms with Crippen molar-refractivity contribution in [3.8, 4) is 11.4 Å². The van der Waals surface area contributed by atoms with E-state index in [0.29, 0.717) is 49.3 Å². The fourth-order valence-corrected chi connectivity index (χ4v) is 6.00. The first-order chi connectivity index (χ1) is 17.0. The summed E-state index contributed by atoms with van der Waals surface area (Å²) in [6.07, 6.45) is 1.81. The maximum Gasteiger partial charge on any atom is 0.243 e. The van der Waals surface area contributed by atoms with E-state index in [-0.39, 0.29) is 16.7 Å². The molecule has 1 aliphatic heterocycles. The average Bonchev–Trinajstić information content (AvgIpc) is 3.33. The first-order valence-corrected chi connectivity index (χ1v) is 13.3. The topological polar surface area (TPSA) is 95.2 Å². The summed E-state index contributed by atoms with van der Waals surface area (Å²) >= 11 is 0. The normalized spacial score (nSPS) is 15.3. The Morgan fingerprint density at radius 3 is 2.37 bits per heavy atom. The second kappa shape index (κ2) is 10.0. The number of hydrogen-bond acceptors (Lipinski definition) is 4. The number of aromatic nitrogens is 2. The average molecular weight is 489 g/mol. The van der Waals surface area contributed by atoms with E-state index >= 15 is 0 Å². The minimum atomic E-state index is -3.66. The van der Waals surface area contributed by atoms with Gasteiger partial charge in [-0.25, -0.2) is 13.4 Å². The Morgan fingerprint density at radius 2 is 1.66 bits per heavy atom. The third kappa shape index (κ3) is 5.13. The van der Waals surface area contributed by atoms with Gasteiger partial charge in [-0.3, -0.25) is 4.79 Å². The number of hydrogen-bond donors (Lipinski definition) is 2. The van der Waals surface area contributed by atoms with Crippen molar-refractivity contribution >= 4 is 27.0 Å².